The Hall–Kier alpha value is -1.60. The van der Waals surface area contributed by atoms with Gasteiger partial charge in [0.15, 0.2) is 11.5 Å². The number of rotatable bonds is 3. The van der Waals surface area contributed by atoms with Crippen molar-refractivity contribution in [2.45, 2.75) is 17.8 Å². The fraction of sp³-hybridized carbons (Fsp3) is 0.462. The number of benzene rings is 1. The normalized spacial score (nSPS) is 24.4. The first-order valence-corrected chi connectivity index (χ1v) is 7.32. The van der Waals surface area contributed by atoms with Crippen molar-refractivity contribution < 1.29 is 24.1 Å². The zero-order valence-corrected chi connectivity index (χ0v) is 11.7. The first kappa shape index (κ1) is 13.4. The Balaban J connectivity index is 1.88. The Kier molecular flexibility index (Phi) is 3.62. The predicted molar refractivity (Wildman–Crippen MR) is 73.5 cm³/mol. The van der Waals surface area contributed by atoms with Crippen LogP contribution in [0.25, 0.3) is 0 Å². The number of thioether (sulfide) groups is 1. The van der Waals surface area contributed by atoms with Gasteiger partial charge in [-0.2, -0.15) is 0 Å². The molecule has 0 saturated carbocycles. The van der Waals surface area contributed by atoms with Crippen LogP contribution in [0.3, 0.4) is 0 Å². The molecule has 1 aromatic carbocycles. The van der Waals surface area contributed by atoms with Crippen LogP contribution in [0.2, 0.25) is 0 Å². The van der Waals surface area contributed by atoms with Gasteiger partial charge in [0.1, 0.15) is 6.04 Å². The number of nitrogens with one attached hydrogen (secondary N) is 1. The average molecular weight is 297 g/mol. The highest BCUT2D eigenvalue weighted by Gasteiger charge is 2.29. The molecule has 2 atom stereocenters. The first-order valence-electron chi connectivity index (χ1n) is 6.27. The van der Waals surface area contributed by atoms with Crippen LogP contribution in [-0.2, 0) is 4.79 Å². The Morgan fingerprint density at radius 2 is 2.35 bits per heavy atom. The molecule has 0 radical (unpaired) electrons. The summed E-state index contributed by atoms with van der Waals surface area (Å²) in [6.07, 6.45) is 0.623. The van der Waals surface area contributed by atoms with E-state index in [4.69, 9.17) is 19.3 Å². The Labute approximate surface area is 120 Å². The molecule has 6 nitrogen and oxygen atoms in total. The number of carboxylic acids is 1. The minimum Gasteiger partial charge on any atom is -0.493 e. The van der Waals surface area contributed by atoms with Crippen LogP contribution < -0.4 is 19.5 Å². The summed E-state index contributed by atoms with van der Waals surface area (Å²) in [5, 5.41) is 12.2. The second kappa shape index (κ2) is 5.41. The number of methoxy groups -OCH3 is 1. The molecule has 0 bridgehead atoms. The van der Waals surface area contributed by atoms with E-state index in [0.717, 1.165) is 11.3 Å². The monoisotopic (exact) mass is 297 g/mol. The molecule has 2 unspecified atom stereocenters. The summed E-state index contributed by atoms with van der Waals surface area (Å²) in [6.45, 7) is 0.179. The second-order valence-corrected chi connectivity index (χ2v) is 5.77. The summed E-state index contributed by atoms with van der Waals surface area (Å²) < 4.78 is 16.0. The van der Waals surface area contributed by atoms with Crippen molar-refractivity contribution in [3.8, 4) is 17.2 Å². The number of carbonyl (C=O) groups is 1. The van der Waals surface area contributed by atoms with Crippen LogP contribution in [0.1, 0.15) is 17.4 Å². The van der Waals surface area contributed by atoms with E-state index in [2.05, 4.69) is 5.32 Å². The maximum absolute atomic E-state index is 11.1. The van der Waals surface area contributed by atoms with Gasteiger partial charge in [0.25, 0.3) is 0 Å². The molecule has 3 rings (SSSR count). The highest BCUT2D eigenvalue weighted by molar-refractivity contribution is 7.99. The molecule has 20 heavy (non-hydrogen) atoms. The SMILES string of the molecule is COc1cc(C2NC(C(=O)O)CCS2)cc2c1OCO2. The van der Waals surface area contributed by atoms with Crippen LogP contribution in [0, 0.1) is 0 Å². The third-order valence-electron chi connectivity index (χ3n) is 3.33. The molecule has 0 spiro atoms. The van der Waals surface area contributed by atoms with Gasteiger partial charge in [0.2, 0.25) is 12.5 Å². The molecular formula is C13H15NO5S. The highest BCUT2D eigenvalue weighted by atomic mass is 32.2. The van der Waals surface area contributed by atoms with Gasteiger partial charge in [-0.25, -0.2) is 0 Å². The Bertz CT molecular complexity index is 536. The minimum atomic E-state index is -0.817. The van der Waals surface area contributed by atoms with Crippen molar-refractivity contribution in [2.24, 2.45) is 0 Å². The maximum Gasteiger partial charge on any atom is 0.320 e. The van der Waals surface area contributed by atoms with Crippen LogP contribution in [-0.4, -0.2) is 36.8 Å². The lowest BCUT2D eigenvalue weighted by Gasteiger charge is -2.28. The lowest BCUT2D eigenvalue weighted by atomic mass is 10.1. The fourth-order valence-electron chi connectivity index (χ4n) is 2.31. The molecule has 1 fully saturated rings. The summed E-state index contributed by atoms with van der Waals surface area (Å²) >= 11 is 1.68. The summed E-state index contributed by atoms with van der Waals surface area (Å²) in [5.74, 6) is 1.83. The second-order valence-electron chi connectivity index (χ2n) is 4.55. The molecule has 0 amide bonds. The molecule has 2 heterocycles. The predicted octanol–water partition coefficient (Wildman–Crippen LogP) is 1.60. The zero-order chi connectivity index (χ0) is 14.1. The molecule has 108 valence electrons. The smallest absolute Gasteiger partial charge is 0.320 e. The van der Waals surface area contributed by atoms with Gasteiger partial charge >= 0.3 is 5.97 Å². The summed E-state index contributed by atoms with van der Waals surface area (Å²) in [4.78, 5) is 11.1. The number of aliphatic carboxylic acids is 1. The average Bonchev–Trinajstić information content (AvgIpc) is 2.94. The molecule has 0 aromatic heterocycles. The van der Waals surface area contributed by atoms with Gasteiger partial charge in [-0.15, -0.1) is 11.8 Å². The largest absolute Gasteiger partial charge is 0.493 e. The van der Waals surface area contributed by atoms with Crippen LogP contribution in [0.5, 0.6) is 17.2 Å². The van der Waals surface area contributed by atoms with E-state index in [-0.39, 0.29) is 12.2 Å². The van der Waals surface area contributed by atoms with E-state index in [0.29, 0.717) is 23.7 Å². The van der Waals surface area contributed by atoms with Crippen molar-refractivity contribution in [2.75, 3.05) is 19.7 Å². The lowest BCUT2D eigenvalue weighted by Crippen LogP contribution is -2.41. The molecule has 1 saturated heterocycles. The topological polar surface area (TPSA) is 77.0 Å². The number of fused-ring (bicyclic) bond motifs is 1. The van der Waals surface area contributed by atoms with Crippen LogP contribution in [0.15, 0.2) is 12.1 Å². The molecule has 2 aliphatic heterocycles. The molecule has 1 aromatic rings. The quantitative estimate of drug-likeness (QED) is 0.877. The standard InChI is InChI=1S/C13H15NO5S/c1-17-9-4-7(5-10-11(9)19-6-18-10)12-14-8(13(15)16)2-3-20-12/h4-5,8,12,14H,2-3,6H2,1H3,(H,15,16). The maximum atomic E-state index is 11.1. The van der Waals surface area contributed by atoms with Crippen molar-refractivity contribution in [1.29, 1.82) is 0 Å². The number of ether oxygens (including phenoxy) is 3. The van der Waals surface area contributed by atoms with E-state index in [1.54, 1.807) is 18.9 Å². The molecule has 2 N–H and O–H groups in total. The summed E-state index contributed by atoms with van der Waals surface area (Å²) in [7, 11) is 1.57. The lowest BCUT2D eigenvalue weighted by molar-refractivity contribution is -0.139. The summed E-state index contributed by atoms with van der Waals surface area (Å²) in [6, 6.07) is 3.22. The van der Waals surface area contributed by atoms with Gasteiger partial charge in [-0.05, 0) is 29.9 Å². The fourth-order valence-corrected chi connectivity index (χ4v) is 3.50. The highest BCUT2D eigenvalue weighted by Crippen LogP contribution is 2.45. The van der Waals surface area contributed by atoms with Crippen molar-refractivity contribution in [1.82, 2.24) is 5.32 Å². The number of carboxylic acid groups (broad SMARTS) is 1. The number of hydrogen-bond donors (Lipinski definition) is 2. The Morgan fingerprint density at radius 1 is 1.50 bits per heavy atom. The first-order chi connectivity index (χ1) is 9.69. The van der Waals surface area contributed by atoms with E-state index >= 15 is 0 Å². The molecule has 7 heteroatoms. The van der Waals surface area contributed by atoms with Crippen molar-refractivity contribution >= 4 is 17.7 Å². The third-order valence-corrected chi connectivity index (χ3v) is 4.54. The van der Waals surface area contributed by atoms with E-state index < -0.39 is 12.0 Å². The summed E-state index contributed by atoms with van der Waals surface area (Å²) in [5.41, 5.74) is 0.932. The molecule has 0 aliphatic carbocycles. The van der Waals surface area contributed by atoms with Crippen LogP contribution >= 0.6 is 11.8 Å². The van der Waals surface area contributed by atoms with Crippen LogP contribution in [0.4, 0.5) is 0 Å². The molecule has 2 aliphatic rings. The van der Waals surface area contributed by atoms with Gasteiger partial charge in [0, 0.05) is 0 Å². The zero-order valence-electron chi connectivity index (χ0n) is 10.9. The van der Waals surface area contributed by atoms with E-state index in [1.807, 2.05) is 12.1 Å². The van der Waals surface area contributed by atoms with Gasteiger partial charge in [-0.1, -0.05) is 0 Å². The number of hydrogen-bond acceptors (Lipinski definition) is 6. The van der Waals surface area contributed by atoms with Crippen molar-refractivity contribution in [3.05, 3.63) is 17.7 Å². The van der Waals surface area contributed by atoms with Gasteiger partial charge in [-0.3, -0.25) is 10.1 Å². The van der Waals surface area contributed by atoms with Gasteiger partial charge < -0.3 is 19.3 Å². The Morgan fingerprint density at radius 3 is 3.10 bits per heavy atom. The van der Waals surface area contributed by atoms with Crippen molar-refractivity contribution in [3.63, 3.8) is 0 Å². The molecular weight excluding hydrogens is 282 g/mol. The van der Waals surface area contributed by atoms with Gasteiger partial charge in [0.05, 0.1) is 12.5 Å². The van der Waals surface area contributed by atoms with E-state index in [9.17, 15) is 4.79 Å². The minimum absolute atomic E-state index is 0.0896. The van der Waals surface area contributed by atoms with E-state index in [1.165, 1.54) is 0 Å². The third kappa shape index (κ3) is 2.38.